The molecule has 0 spiro atoms. The van der Waals surface area contributed by atoms with Crippen molar-refractivity contribution in [1.82, 2.24) is 0 Å². The van der Waals surface area contributed by atoms with E-state index in [4.69, 9.17) is 5.73 Å². The summed E-state index contributed by atoms with van der Waals surface area (Å²) in [4.78, 5) is 22.4. The van der Waals surface area contributed by atoms with Crippen LogP contribution in [0.2, 0.25) is 0 Å². The highest BCUT2D eigenvalue weighted by molar-refractivity contribution is 5.90. The lowest BCUT2D eigenvalue weighted by Gasteiger charge is -2.16. The van der Waals surface area contributed by atoms with Crippen molar-refractivity contribution in [2.75, 3.05) is 0 Å². The van der Waals surface area contributed by atoms with Crippen LogP contribution in [0.3, 0.4) is 0 Å². The second-order valence-corrected chi connectivity index (χ2v) is 4.20. The molecular weight excluding hydrogens is 198 g/mol. The molecule has 0 fully saturated rings. The first-order valence-corrected chi connectivity index (χ1v) is 4.96. The molecule has 0 amide bonds. The summed E-state index contributed by atoms with van der Waals surface area (Å²) in [6.07, 6.45) is -1.28. The summed E-state index contributed by atoms with van der Waals surface area (Å²) in [6.45, 7) is 6.79. The molecule has 15 heavy (non-hydrogen) atoms. The maximum absolute atomic E-state index is 11.2. The van der Waals surface area contributed by atoms with Crippen molar-refractivity contribution in [3.8, 4) is 0 Å². The quantitative estimate of drug-likeness (QED) is 0.513. The van der Waals surface area contributed by atoms with Gasteiger partial charge in [0.25, 0.3) is 0 Å². The molecule has 0 aromatic rings. The van der Waals surface area contributed by atoms with Crippen LogP contribution in [0.25, 0.3) is 0 Å². The Morgan fingerprint density at radius 2 is 1.53 bits per heavy atom. The molecule has 0 radical (unpaired) electrons. The van der Waals surface area contributed by atoms with Crippen LogP contribution in [0.1, 0.15) is 27.7 Å². The minimum Gasteiger partial charge on any atom is -0.390 e. The third kappa shape index (κ3) is 4.40. The summed E-state index contributed by atoms with van der Waals surface area (Å²) in [5.41, 5.74) is 5.48. The van der Waals surface area contributed by atoms with E-state index in [1.807, 2.05) is 0 Å². The van der Waals surface area contributed by atoms with Crippen molar-refractivity contribution < 1.29 is 19.4 Å². The Morgan fingerprint density at radius 1 is 1.07 bits per heavy atom. The first kappa shape index (κ1) is 14.1. The molecule has 0 aromatic carbocycles. The molecule has 1 unspecified atom stereocenters. The van der Waals surface area contributed by atoms with Crippen molar-refractivity contribution >= 4 is 11.9 Å². The van der Waals surface area contributed by atoms with Crippen LogP contribution in [0.5, 0.6) is 0 Å². The third-order valence-electron chi connectivity index (χ3n) is 2.06. The molecule has 3 N–H and O–H groups in total. The largest absolute Gasteiger partial charge is 0.390 e. The Morgan fingerprint density at radius 3 is 1.87 bits per heavy atom. The fraction of sp³-hybridized carbons (Fsp3) is 0.800. The molecule has 0 aliphatic carbocycles. The molecule has 0 bridgehead atoms. The minimum absolute atomic E-state index is 0.110. The number of hydrogen-bond acceptors (Lipinski definition) is 5. The van der Waals surface area contributed by atoms with Gasteiger partial charge in [-0.3, -0.25) is 0 Å². The Kier molecular flexibility index (Phi) is 5.46. The molecule has 0 heterocycles. The van der Waals surface area contributed by atoms with Gasteiger partial charge >= 0.3 is 11.9 Å². The average molecular weight is 217 g/mol. The van der Waals surface area contributed by atoms with Gasteiger partial charge in [-0.15, -0.1) is 0 Å². The van der Waals surface area contributed by atoms with E-state index >= 15 is 0 Å². The summed E-state index contributed by atoms with van der Waals surface area (Å²) in [5, 5.41) is 9.30. The van der Waals surface area contributed by atoms with E-state index in [0.29, 0.717) is 0 Å². The SMILES string of the molecule is CC(C)C(O)C(=O)OC(=O)[C@@H](N)C(C)C. The minimum atomic E-state index is -1.28. The van der Waals surface area contributed by atoms with Crippen molar-refractivity contribution in [1.29, 1.82) is 0 Å². The van der Waals surface area contributed by atoms with E-state index in [1.165, 1.54) is 0 Å². The highest BCUT2D eigenvalue weighted by Crippen LogP contribution is 2.06. The molecule has 0 aliphatic rings. The summed E-state index contributed by atoms with van der Waals surface area (Å²) in [6, 6.07) is -0.840. The zero-order valence-electron chi connectivity index (χ0n) is 9.56. The van der Waals surface area contributed by atoms with E-state index in [9.17, 15) is 14.7 Å². The van der Waals surface area contributed by atoms with E-state index in [1.54, 1.807) is 27.7 Å². The van der Waals surface area contributed by atoms with Crippen molar-refractivity contribution in [3.05, 3.63) is 0 Å². The summed E-state index contributed by atoms with van der Waals surface area (Å²) < 4.78 is 4.44. The molecule has 0 aromatic heterocycles. The van der Waals surface area contributed by atoms with Crippen molar-refractivity contribution in [2.45, 2.75) is 39.8 Å². The van der Waals surface area contributed by atoms with Gasteiger partial charge in [-0.2, -0.15) is 0 Å². The van der Waals surface area contributed by atoms with Crippen LogP contribution in [0, 0.1) is 11.8 Å². The summed E-state index contributed by atoms with van der Waals surface area (Å²) >= 11 is 0. The highest BCUT2D eigenvalue weighted by Gasteiger charge is 2.27. The lowest BCUT2D eigenvalue weighted by atomic mass is 10.1. The lowest BCUT2D eigenvalue weighted by Crippen LogP contribution is -2.40. The monoisotopic (exact) mass is 217 g/mol. The molecule has 2 atom stereocenters. The van der Waals surface area contributed by atoms with Crippen LogP contribution in [-0.2, 0) is 14.3 Å². The first-order chi connectivity index (χ1) is 6.77. The van der Waals surface area contributed by atoms with Crippen LogP contribution >= 0.6 is 0 Å². The number of nitrogens with two attached hydrogens (primary N) is 1. The summed E-state index contributed by atoms with van der Waals surface area (Å²) in [5.74, 6) is -2.14. The van der Waals surface area contributed by atoms with Gasteiger partial charge < -0.3 is 15.6 Å². The van der Waals surface area contributed by atoms with E-state index in [-0.39, 0.29) is 11.8 Å². The van der Waals surface area contributed by atoms with Gasteiger partial charge in [-0.1, -0.05) is 27.7 Å². The van der Waals surface area contributed by atoms with E-state index < -0.39 is 24.1 Å². The molecule has 0 saturated carbocycles. The van der Waals surface area contributed by atoms with Gasteiger partial charge in [0.1, 0.15) is 6.04 Å². The maximum atomic E-state index is 11.2. The van der Waals surface area contributed by atoms with Crippen LogP contribution in [0.4, 0.5) is 0 Å². The summed E-state index contributed by atoms with van der Waals surface area (Å²) in [7, 11) is 0. The zero-order chi connectivity index (χ0) is 12.2. The van der Waals surface area contributed by atoms with E-state index in [0.717, 1.165) is 0 Å². The fourth-order valence-corrected chi connectivity index (χ4v) is 0.772. The van der Waals surface area contributed by atoms with Gasteiger partial charge in [0.15, 0.2) is 6.10 Å². The lowest BCUT2D eigenvalue weighted by molar-refractivity contribution is -0.168. The number of carbonyl (C=O) groups excluding carboxylic acids is 2. The Bertz CT molecular complexity index is 214. The first-order valence-electron chi connectivity index (χ1n) is 4.96. The highest BCUT2D eigenvalue weighted by atomic mass is 16.6. The number of aliphatic hydroxyl groups excluding tert-OH is 1. The number of aliphatic hydroxyl groups is 1. The second-order valence-electron chi connectivity index (χ2n) is 4.20. The maximum Gasteiger partial charge on any atom is 0.342 e. The number of ether oxygens (including phenoxy) is 1. The third-order valence-corrected chi connectivity index (χ3v) is 2.06. The average Bonchev–Trinajstić information content (AvgIpc) is 2.14. The van der Waals surface area contributed by atoms with Gasteiger partial charge in [0.2, 0.25) is 0 Å². The van der Waals surface area contributed by atoms with Crippen LogP contribution in [0.15, 0.2) is 0 Å². The molecule has 0 aliphatic heterocycles. The number of rotatable bonds is 4. The van der Waals surface area contributed by atoms with Crippen molar-refractivity contribution in [3.63, 3.8) is 0 Å². The Hall–Kier alpha value is -0.940. The van der Waals surface area contributed by atoms with Crippen LogP contribution < -0.4 is 5.73 Å². The molecule has 0 saturated heterocycles. The Balaban J connectivity index is 4.25. The molecule has 5 nitrogen and oxygen atoms in total. The van der Waals surface area contributed by atoms with Gasteiger partial charge in [0, 0.05) is 0 Å². The smallest absolute Gasteiger partial charge is 0.342 e. The Labute approximate surface area is 89.6 Å². The fourth-order valence-electron chi connectivity index (χ4n) is 0.772. The van der Waals surface area contributed by atoms with Crippen LogP contribution in [-0.4, -0.2) is 29.2 Å². The number of hydrogen-bond donors (Lipinski definition) is 2. The van der Waals surface area contributed by atoms with Gasteiger partial charge in [0.05, 0.1) is 0 Å². The predicted octanol–water partition coefficient (Wildman–Crippen LogP) is 0.0564. The predicted molar refractivity (Wildman–Crippen MR) is 54.8 cm³/mol. The number of carbonyl (C=O) groups is 2. The molecular formula is C10H19NO4. The van der Waals surface area contributed by atoms with Gasteiger partial charge in [-0.05, 0) is 11.8 Å². The van der Waals surface area contributed by atoms with E-state index in [2.05, 4.69) is 4.74 Å². The van der Waals surface area contributed by atoms with Gasteiger partial charge in [-0.25, -0.2) is 9.59 Å². The van der Waals surface area contributed by atoms with Crippen molar-refractivity contribution in [2.24, 2.45) is 17.6 Å². The molecule has 0 rings (SSSR count). The topological polar surface area (TPSA) is 89.6 Å². The molecule has 88 valence electrons. The second kappa shape index (κ2) is 5.82. The zero-order valence-corrected chi connectivity index (χ0v) is 9.56. The normalized spacial score (nSPS) is 15.2. The standard InChI is InChI=1S/C10H19NO4/c1-5(2)7(11)9(13)15-10(14)8(12)6(3)4/h5-8,12H,11H2,1-4H3/t7-,8?/m0/s1. The number of esters is 2. The molecule has 5 heteroatoms.